The van der Waals surface area contributed by atoms with Crippen LogP contribution in [0.25, 0.3) is 0 Å². The van der Waals surface area contributed by atoms with E-state index in [1.165, 1.54) is 11.1 Å². The standard InChI is InChI=1S/C16H16Cl2/c1-11-7-8-14(9-12(11)2)16(18)10-13-5-3-4-6-15(13)17/h3-9,16H,10H2,1-2H3. The third-order valence-corrected chi connectivity index (χ3v) is 4.02. The summed E-state index contributed by atoms with van der Waals surface area (Å²) in [5.41, 5.74) is 4.81. The summed E-state index contributed by atoms with van der Waals surface area (Å²) in [4.78, 5) is 0. The van der Waals surface area contributed by atoms with Gasteiger partial charge in [0, 0.05) is 5.02 Å². The van der Waals surface area contributed by atoms with E-state index in [2.05, 4.69) is 32.0 Å². The van der Waals surface area contributed by atoms with Crippen molar-refractivity contribution in [2.75, 3.05) is 0 Å². The lowest BCUT2D eigenvalue weighted by Crippen LogP contribution is -1.97. The van der Waals surface area contributed by atoms with Gasteiger partial charge in [-0.15, -0.1) is 11.6 Å². The van der Waals surface area contributed by atoms with Crippen molar-refractivity contribution in [3.8, 4) is 0 Å². The lowest BCUT2D eigenvalue weighted by atomic mass is 10.00. The van der Waals surface area contributed by atoms with E-state index in [-0.39, 0.29) is 5.38 Å². The average molecular weight is 279 g/mol. The van der Waals surface area contributed by atoms with Gasteiger partial charge in [0.05, 0.1) is 5.38 Å². The Hall–Kier alpha value is -0.980. The van der Waals surface area contributed by atoms with E-state index in [1.54, 1.807) is 0 Å². The minimum Gasteiger partial charge on any atom is -0.117 e. The summed E-state index contributed by atoms with van der Waals surface area (Å²) in [6.45, 7) is 4.22. The maximum atomic E-state index is 6.48. The second kappa shape index (κ2) is 5.77. The monoisotopic (exact) mass is 278 g/mol. The van der Waals surface area contributed by atoms with Crippen LogP contribution in [-0.4, -0.2) is 0 Å². The van der Waals surface area contributed by atoms with Crippen molar-refractivity contribution in [2.24, 2.45) is 0 Å². The van der Waals surface area contributed by atoms with Crippen LogP contribution in [0.2, 0.25) is 5.02 Å². The maximum absolute atomic E-state index is 6.48. The Morgan fingerprint density at radius 2 is 1.72 bits per heavy atom. The van der Waals surface area contributed by atoms with Gasteiger partial charge < -0.3 is 0 Å². The molecule has 2 aromatic rings. The number of rotatable bonds is 3. The maximum Gasteiger partial charge on any atom is 0.0626 e. The van der Waals surface area contributed by atoms with Crippen LogP contribution in [0.5, 0.6) is 0 Å². The topological polar surface area (TPSA) is 0 Å². The highest BCUT2D eigenvalue weighted by Crippen LogP contribution is 2.29. The molecule has 0 fully saturated rings. The Labute approximate surface area is 119 Å². The van der Waals surface area contributed by atoms with Gasteiger partial charge in [-0.2, -0.15) is 0 Å². The molecule has 94 valence electrons. The first kappa shape index (κ1) is 13.5. The number of hydrogen-bond donors (Lipinski definition) is 0. The van der Waals surface area contributed by atoms with Crippen molar-refractivity contribution < 1.29 is 0 Å². The summed E-state index contributed by atoms with van der Waals surface area (Å²) < 4.78 is 0. The van der Waals surface area contributed by atoms with Crippen LogP contribution in [0, 0.1) is 13.8 Å². The molecule has 0 saturated carbocycles. The van der Waals surface area contributed by atoms with Crippen LogP contribution in [0.1, 0.15) is 27.6 Å². The third-order valence-electron chi connectivity index (χ3n) is 3.25. The lowest BCUT2D eigenvalue weighted by molar-refractivity contribution is 0.917. The molecule has 1 unspecified atom stereocenters. The van der Waals surface area contributed by atoms with Gasteiger partial charge in [0.1, 0.15) is 0 Å². The molecule has 0 N–H and O–H groups in total. The van der Waals surface area contributed by atoms with Gasteiger partial charge in [-0.05, 0) is 48.6 Å². The summed E-state index contributed by atoms with van der Waals surface area (Å²) in [5, 5.41) is 0.746. The Bertz CT molecular complexity index is 547. The smallest absolute Gasteiger partial charge is 0.0626 e. The van der Waals surface area contributed by atoms with Gasteiger partial charge in [0.25, 0.3) is 0 Å². The van der Waals surface area contributed by atoms with Gasteiger partial charge in [-0.3, -0.25) is 0 Å². The molecule has 2 aromatic carbocycles. The molecule has 0 nitrogen and oxygen atoms in total. The van der Waals surface area contributed by atoms with E-state index < -0.39 is 0 Å². The second-order valence-corrected chi connectivity index (χ2v) is 5.54. The number of alkyl halides is 1. The summed E-state index contributed by atoms with van der Waals surface area (Å²) in [7, 11) is 0. The number of aryl methyl sites for hydroxylation is 2. The molecule has 0 saturated heterocycles. The van der Waals surface area contributed by atoms with E-state index in [9.17, 15) is 0 Å². The molecule has 0 aromatic heterocycles. The minimum absolute atomic E-state index is 0.0378. The van der Waals surface area contributed by atoms with Crippen LogP contribution >= 0.6 is 23.2 Å². The molecule has 0 aliphatic carbocycles. The predicted octanol–water partition coefficient (Wildman–Crippen LogP) is 5.48. The lowest BCUT2D eigenvalue weighted by Gasteiger charge is -2.13. The molecule has 0 bridgehead atoms. The molecule has 0 aliphatic rings. The normalized spacial score (nSPS) is 12.4. The molecular formula is C16H16Cl2. The Morgan fingerprint density at radius 1 is 1.00 bits per heavy atom. The molecule has 0 radical (unpaired) electrons. The van der Waals surface area contributed by atoms with Gasteiger partial charge in [0.2, 0.25) is 0 Å². The van der Waals surface area contributed by atoms with Gasteiger partial charge in [-0.25, -0.2) is 0 Å². The molecule has 1 atom stereocenters. The van der Waals surface area contributed by atoms with Gasteiger partial charge >= 0.3 is 0 Å². The quantitative estimate of drug-likeness (QED) is 0.653. The Balaban J connectivity index is 2.19. The largest absolute Gasteiger partial charge is 0.117 e. The fourth-order valence-corrected chi connectivity index (χ4v) is 2.45. The van der Waals surface area contributed by atoms with Crippen molar-refractivity contribution in [3.63, 3.8) is 0 Å². The van der Waals surface area contributed by atoms with Crippen LogP contribution in [0.15, 0.2) is 42.5 Å². The van der Waals surface area contributed by atoms with E-state index in [0.717, 1.165) is 22.6 Å². The molecule has 0 amide bonds. The summed E-state index contributed by atoms with van der Waals surface area (Å²) in [6, 6.07) is 14.2. The SMILES string of the molecule is Cc1ccc(C(Cl)Cc2ccccc2Cl)cc1C. The predicted molar refractivity (Wildman–Crippen MR) is 79.7 cm³/mol. The first-order chi connectivity index (χ1) is 8.58. The average Bonchev–Trinajstić information content (AvgIpc) is 2.35. The molecule has 0 spiro atoms. The van der Waals surface area contributed by atoms with Crippen molar-refractivity contribution in [1.29, 1.82) is 0 Å². The first-order valence-electron chi connectivity index (χ1n) is 6.02. The molecule has 0 heterocycles. The van der Waals surface area contributed by atoms with E-state index >= 15 is 0 Å². The van der Waals surface area contributed by atoms with Gasteiger partial charge in [0.15, 0.2) is 0 Å². The van der Waals surface area contributed by atoms with E-state index in [4.69, 9.17) is 23.2 Å². The summed E-state index contributed by atoms with van der Waals surface area (Å²) in [5.74, 6) is 0. The molecule has 18 heavy (non-hydrogen) atoms. The number of halogens is 2. The number of hydrogen-bond acceptors (Lipinski definition) is 0. The molecule has 2 rings (SSSR count). The van der Waals surface area contributed by atoms with Crippen molar-refractivity contribution in [3.05, 3.63) is 69.7 Å². The first-order valence-corrected chi connectivity index (χ1v) is 6.84. The Kier molecular flexibility index (Phi) is 4.31. The fourth-order valence-electron chi connectivity index (χ4n) is 1.93. The van der Waals surface area contributed by atoms with E-state index in [1.807, 2.05) is 24.3 Å². The fraction of sp³-hybridized carbons (Fsp3) is 0.250. The highest BCUT2D eigenvalue weighted by molar-refractivity contribution is 6.31. The van der Waals surface area contributed by atoms with Crippen molar-refractivity contribution >= 4 is 23.2 Å². The summed E-state index contributed by atoms with van der Waals surface area (Å²) in [6.07, 6.45) is 0.754. The number of benzene rings is 2. The summed E-state index contributed by atoms with van der Waals surface area (Å²) >= 11 is 12.6. The zero-order valence-electron chi connectivity index (χ0n) is 10.6. The third kappa shape index (κ3) is 3.07. The molecule has 0 aliphatic heterocycles. The zero-order chi connectivity index (χ0) is 13.1. The molecule has 2 heteroatoms. The van der Waals surface area contributed by atoms with Crippen molar-refractivity contribution in [1.82, 2.24) is 0 Å². The highest BCUT2D eigenvalue weighted by Gasteiger charge is 2.11. The molecular weight excluding hydrogens is 263 g/mol. The van der Waals surface area contributed by atoms with Crippen LogP contribution in [0.3, 0.4) is 0 Å². The Morgan fingerprint density at radius 3 is 2.39 bits per heavy atom. The van der Waals surface area contributed by atoms with Crippen LogP contribution < -0.4 is 0 Å². The highest BCUT2D eigenvalue weighted by atomic mass is 35.5. The van der Waals surface area contributed by atoms with Crippen molar-refractivity contribution in [2.45, 2.75) is 25.6 Å². The second-order valence-electron chi connectivity index (χ2n) is 4.61. The van der Waals surface area contributed by atoms with E-state index in [0.29, 0.717) is 0 Å². The van der Waals surface area contributed by atoms with Crippen LogP contribution in [0.4, 0.5) is 0 Å². The van der Waals surface area contributed by atoms with Crippen LogP contribution in [-0.2, 0) is 6.42 Å². The minimum atomic E-state index is -0.0378. The zero-order valence-corrected chi connectivity index (χ0v) is 12.1. The van der Waals surface area contributed by atoms with Gasteiger partial charge in [-0.1, -0.05) is 48.0 Å².